The average molecular weight is 319 g/mol. The van der Waals surface area contributed by atoms with Crippen molar-refractivity contribution in [1.82, 2.24) is 0 Å². The van der Waals surface area contributed by atoms with Gasteiger partial charge in [-0.25, -0.2) is 0 Å². The molecule has 0 aliphatic carbocycles. The van der Waals surface area contributed by atoms with Gasteiger partial charge in [-0.15, -0.1) is 0 Å². The summed E-state index contributed by atoms with van der Waals surface area (Å²) in [7, 11) is 3.97. The van der Waals surface area contributed by atoms with Gasteiger partial charge in [-0.3, -0.25) is 4.79 Å². The van der Waals surface area contributed by atoms with Gasteiger partial charge in [0, 0.05) is 31.2 Å². The lowest BCUT2D eigenvalue weighted by Crippen LogP contribution is -2.21. The van der Waals surface area contributed by atoms with Gasteiger partial charge in [0.05, 0.1) is 6.54 Å². The zero-order valence-electron chi connectivity index (χ0n) is 13.9. The van der Waals surface area contributed by atoms with E-state index in [0.29, 0.717) is 0 Å². The molecule has 0 atom stereocenters. The van der Waals surface area contributed by atoms with Crippen LogP contribution >= 0.6 is 0 Å². The molecule has 0 spiro atoms. The van der Waals surface area contributed by atoms with Crippen LogP contribution in [0.3, 0.4) is 0 Å². The Morgan fingerprint density at radius 3 is 2.25 bits per heavy atom. The number of anilines is 3. The number of amides is 1. The minimum atomic E-state index is -0.0687. The number of carbonyl (C=O) groups excluding carboxylic acids is 1. The van der Waals surface area contributed by atoms with E-state index >= 15 is 0 Å². The first-order valence-corrected chi connectivity index (χ1v) is 7.92. The van der Waals surface area contributed by atoms with E-state index in [4.69, 9.17) is 0 Å². The van der Waals surface area contributed by atoms with Crippen LogP contribution in [0.4, 0.5) is 17.1 Å². The zero-order chi connectivity index (χ0) is 16.9. The molecule has 0 saturated heterocycles. The molecule has 0 saturated carbocycles. The molecule has 3 aromatic carbocycles. The Morgan fingerprint density at radius 2 is 1.54 bits per heavy atom. The average Bonchev–Trinajstić information content (AvgIpc) is 2.60. The summed E-state index contributed by atoms with van der Waals surface area (Å²) in [5.41, 5.74) is 2.83. The van der Waals surface area contributed by atoms with Crippen molar-refractivity contribution in [3.8, 4) is 0 Å². The summed E-state index contributed by atoms with van der Waals surface area (Å²) in [6.45, 7) is 0.230. The maximum absolute atomic E-state index is 12.1. The molecule has 0 heterocycles. The third kappa shape index (κ3) is 3.84. The summed E-state index contributed by atoms with van der Waals surface area (Å²) < 4.78 is 0. The van der Waals surface area contributed by atoms with Gasteiger partial charge in [0.15, 0.2) is 0 Å². The highest BCUT2D eigenvalue weighted by Gasteiger charge is 2.03. The molecule has 0 fully saturated rings. The first-order chi connectivity index (χ1) is 11.6. The summed E-state index contributed by atoms with van der Waals surface area (Å²) >= 11 is 0. The molecule has 4 nitrogen and oxygen atoms in total. The first-order valence-electron chi connectivity index (χ1n) is 7.92. The molecule has 122 valence electrons. The van der Waals surface area contributed by atoms with Gasteiger partial charge < -0.3 is 15.5 Å². The molecular formula is C20H21N3O. The van der Waals surface area contributed by atoms with E-state index in [2.05, 4.69) is 34.9 Å². The topological polar surface area (TPSA) is 44.4 Å². The van der Waals surface area contributed by atoms with Crippen molar-refractivity contribution < 1.29 is 4.79 Å². The van der Waals surface area contributed by atoms with Crippen molar-refractivity contribution in [3.63, 3.8) is 0 Å². The maximum atomic E-state index is 12.1. The number of carbonyl (C=O) groups is 1. The first kappa shape index (κ1) is 15.9. The van der Waals surface area contributed by atoms with Crippen LogP contribution in [0.2, 0.25) is 0 Å². The second-order valence-electron chi connectivity index (χ2n) is 5.90. The Balaban J connectivity index is 1.58. The van der Waals surface area contributed by atoms with Crippen LogP contribution in [0.1, 0.15) is 0 Å². The van der Waals surface area contributed by atoms with Gasteiger partial charge in [0.25, 0.3) is 0 Å². The predicted molar refractivity (Wildman–Crippen MR) is 102 cm³/mol. The van der Waals surface area contributed by atoms with Crippen LogP contribution in [0.25, 0.3) is 10.8 Å². The van der Waals surface area contributed by atoms with Crippen LogP contribution in [0.15, 0.2) is 66.7 Å². The van der Waals surface area contributed by atoms with Gasteiger partial charge in [-0.2, -0.15) is 0 Å². The van der Waals surface area contributed by atoms with Gasteiger partial charge in [0.2, 0.25) is 5.91 Å². The summed E-state index contributed by atoms with van der Waals surface area (Å²) in [5.74, 6) is -0.0687. The Kier molecular flexibility index (Phi) is 4.66. The number of benzene rings is 3. The second kappa shape index (κ2) is 7.04. The Morgan fingerprint density at radius 1 is 0.875 bits per heavy atom. The largest absolute Gasteiger partial charge is 0.378 e. The van der Waals surface area contributed by atoms with Gasteiger partial charge in [-0.05, 0) is 47.2 Å². The van der Waals surface area contributed by atoms with Crippen molar-refractivity contribution in [2.45, 2.75) is 0 Å². The molecule has 2 N–H and O–H groups in total. The highest BCUT2D eigenvalue weighted by atomic mass is 16.1. The lowest BCUT2D eigenvalue weighted by Gasteiger charge is -2.13. The van der Waals surface area contributed by atoms with Crippen LogP contribution in [-0.2, 0) is 4.79 Å². The molecule has 0 bridgehead atoms. The lowest BCUT2D eigenvalue weighted by atomic mass is 10.1. The van der Waals surface area contributed by atoms with Crippen molar-refractivity contribution in [2.75, 3.05) is 36.2 Å². The van der Waals surface area contributed by atoms with E-state index in [9.17, 15) is 4.79 Å². The van der Waals surface area contributed by atoms with Crippen molar-refractivity contribution in [1.29, 1.82) is 0 Å². The Bertz CT molecular complexity index is 841. The number of hydrogen-bond donors (Lipinski definition) is 2. The van der Waals surface area contributed by atoms with Gasteiger partial charge >= 0.3 is 0 Å². The monoisotopic (exact) mass is 319 g/mol. The summed E-state index contributed by atoms with van der Waals surface area (Å²) in [5, 5.41) is 8.40. The zero-order valence-corrected chi connectivity index (χ0v) is 13.9. The normalized spacial score (nSPS) is 10.4. The van der Waals surface area contributed by atoms with Crippen LogP contribution in [-0.4, -0.2) is 26.5 Å². The number of nitrogens with zero attached hydrogens (tertiary/aromatic N) is 1. The smallest absolute Gasteiger partial charge is 0.243 e. The number of nitrogens with one attached hydrogen (secondary N) is 2. The highest BCUT2D eigenvalue weighted by molar-refractivity contribution is 5.94. The second-order valence-corrected chi connectivity index (χ2v) is 5.90. The fraction of sp³-hybridized carbons (Fsp3) is 0.150. The molecule has 24 heavy (non-hydrogen) atoms. The van der Waals surface area contributed by atoms with E-state index in [1.54, 1.807) is 0 Å². The molecule has 3 rings (SSSR count). The Labute approximate surface area is 142 Å². The number of hydrogen-bond acceptors (Lipinski definition) is 3. The van der Waals surface area contributed by atoms with Gasteiger partial charge in [-0.1, -0.05) is 30.3 Å². The van der Waals surface area contributed by atoms with E-state index in [1.807, 2.05) is 61.5 Å². The third-order valence-corrected chi connectivity index (χ3v) is 3.87. The molecule has 0 radical (unpaired) electrons. The van der Waals surface area contributed by atoms with Crippen molar-refractivity contribution in [2.24, 2.45) is 0 Å². The Hall–Kier alpha value is -3.01. The third-order valence-electron chi connectivity index (χ3n) is 3.87. The molecule has 0 aromatic heterocycles. The summed E-state index contributed by atoms with van der Waals surface area (Å²) in [4.78, 5) is 14.1. The van der Waals surface area contributed by atoms with E-state index in [0.717, 1.165) is 22.4 Å². The predicted octanol–water partition coefficient (Wildman–Crippen LogP) is 3.96. The van der Waals surface area contributed by atoms with Gasteiger partial charge in [0.1, 0.15) is 0 Å². The van der Waals surface area contributed by atoms with Crippen molar-refractivity contribution in [3.05, 3.63) is 66.7 Å². The number of fused-ring (bicyclic) bond motifs is 1. The quantitative estimate of drug-likeness (QED) is 0.748. The molecule has 1 amide bonds. The molecule has 0 aliphatic heterocycles. The van der Waals surface area contributed by atoms with E-state index in [-0.39, 0.29) is 12.5 Å². The fourth-order valence-corrected chi connectivity index (χ4v) is 2.53. The maximum Gasteiger partial charge on any atom is 0.243 e. The minimum absolute atomic E-state index is 0.0687. The van der Waals surface area contributed by atoms with Crippen LogP contribution in [0.5, 0.6) is 0 Å². The standard InChI is InChI=1S/C20H21N3O/c1-23(2)19-11-9-17(10-12-19)22-20(24)14-21-18-8-7-15-5-3-4-6-16(15)13-18/h3-13,21H,14H2,1-2H3,(H,22,24). The summed E-state index contributed by atoms with van der Waals surface area (Å²) in [6.07, 6.45) is 0. The lowest BCUT2D eigenvalue weighted by molar-refractivity contribution is -0.114. The van der Waals surface area contributed by atoms with E-state index in [1.165, 1.54) is 5.39 Å². The van der Waals surface area contributed by atoms with E-state index < -0.39 is 0 Å². The minimum Gasteiger partial charge on any atom is -0.378 e. The molecular weight excluding hydrogens is 298 g/mol. The fourth-order valence-electron chi connectivity index (χ4n) is 2.53. The highest BCUT2D eigenvalue weighted by Crippen LogP contribution is 2.19. The van der Waals surface area contributed by atoms with Crippen molar-refractivity contribution >= 4 is 33.7 Å². The van der Waals surface area contributed by atoms with Crippen LogP contribution in [0, 0.1) is 0 Å². The summed E-state index contributed by atoms with van der Waals surface area (Å²) in [6, 6.07) is 22.0. The molecule has 4 heteroatoms. The number of rotatable bonds is 5. The molecule has 0 aliphatic rings. The molecule has 0 unspecified atom stereocenters. The SMILES string of the molecule is CN(C)c1ccc(NC(=O)CNc2ccc3ccccc3c2)cc1. The molecule has 3 aromatic rings. The van der Waals surface area contributed by atoms with Crippen LogP contribution < -0.4 is 15.5 Å².